The van der Waals surface area contributed by atoms with Crippen LogP contribution in [0.3, 0.4) is 0 Å². The molecule has 0 aromatic heterocycles. The summed E-state index contributed by atoms with van der Waals surface area (Å²) in [4.78, 5) is 29.1. The fourth-order valence-electron chi connectivity index (χ4n) is 4.58. The molecule has 0 spiro atoms. The number of nitrogens with zero attached hydrogens (tertiary/aromatic N) is 2. The first-order valence-electron chi connectivity index (χ1n) is 11.0. The van der Waals surface area contributed by atoms with Gasteiger partial charge in [-0.1, -0.05) is 6.07 Å². The molecule has 6 nitrogen and oxygen atoms in total. The molecule has 1 atom stereocenters. The molecular formula is C23H31BrN2O4. The second-order valence-electron chi connectivity index (χ2n) is 9.44. The van der Waals surface area contributed by atoms with E-state index in [0.717, 1.165) is 48.9 Å². The van der Waals surface area contributed by atoms with E-state index in [0.29, 0.717) is 26.1 Å². The van der Waals surface area contributed by atoms with Gasteiger partial charge in [-0.3, -0.25) is 4.79 Å². The summed E-state index contributed by atoms with van der Waals surface area (Å²) in [6.45, 7) is 8.33. The highest BCUT2D eigenvalue weighted by Crippen LogP contribution is 2.41. The van der Waals surface area contributed by atoms with Gasteiger partial charge in [0.1, 0.15) is 5.60 Å². The summed E-state index contributed by atoms with van der Waals surface area (Å²) >= 11 is 3.84. The Morgan fingerprint density at radius 3 is 2.67 bits per heavy atom. The number of benzene rings is 1. The molecule has 30 heavy (non-hydrogen) atoms. The van der Waals surface area contributed by atoms with E-state index in [1.807, 2.05) is 25.7 Å². The predicted molar refractivity (Wildman–Crippen MR) is 119 cm³/mol. The van der Waals surface area contributed by atoms with Gasteiger partial charge in [0.25, 0.3) is 0 Å². The molecule has 0 radical (unpaired) electrons. The molecule has 2 amide bonds. The Bertz CT molecular complexity index is 843. The van der Waals surface area contributed by atoms with Crippen molar-refractivity contribution in [3.63, 3.8) is 0 Å². The summed E-state index contributed by atoms with van der Waals surface area (Å²) in [6, 6.07) is 2.25. The van der Waals surface area contributed by atoms with Crippen LogP contribution < -0.4 is 4.90 Å². The number of fused-ring (bicyclic) bond motifs is 2. The van der Waals surface area contributed by atoms with Crippen molar-refractivity contribution in [2.45, 2.75) is 71.0 Å². The normalized spacial score (nSPS) is 21.9. The van der Waals surface area contributed by atoms with Crippen molar-refractivity contribution < 1.29 is 19.1 Å². The lowest BCUT2D eigenvalue weighted by atomic mass is 9.92. The topological polar surface area (TPSA) is 59.1 Å². The number of carbonyl (C=O) groups excluding carboxylic acids is 2. The van der Waals surface area contributed by atoms with Gasteiger partial charge in [0.05, 0.1) is 18.3 Å². The Morgan fingerprint density at radius 2 is 1.97 bits per heavy atom. The molecule has 3 aliphatic heterocycles. The van der Waals surface area contributed by atoms with Gasteiger partial charge in [0.2, 0.25) is 5.91 Å². The predicted octanol–water partition coefficient (Wildman–Crippen LogP) is 4.24. The van der Waals surface area contributed by atoms with Gasteiger partial charge in [-0.2, -0.15) is 0 Å². The highest BCUT2D eigenvalue weighted by atomic mass is 79.9. The van der Waals surface area contributed by atoms with E-state index >= 15 is 0 Å². The van der Waals surface area contributed by atoms with Crippen LogP contribution in [0.4, 0.5) is 10.5 Å². The molecule has 0 bridgehead atoms. The van der Waals surface area contributed by atoms with Gasteiger partial charge in [-0.15, -0.1) is 0 Å². The number of halogens is 1. The second-order valence-corrected chi connectivity index (χ2v) is 10.2. The van der Waals surface area contributed by atoms with Gasteiger partial charge in [0.15, 0.2) is 0 Å². The number of rotatable bonds is 2. The molecular weight excluding hydrogens is 448 g/mol. The van der Waals surface area contributed by atoms with Crippen LogP contribution in [0, 0.1) is 0 Å². The molecule has 0 N–H and O–H groups in total. The standard InChI is InChI=1S/C23H31BrN2O4/c1-23(2,3)30-22(28)25-10-8-15-13-16-6-7-19(27)26(14-17-5-4-12-29-17)21(16)20(24)18(15)9-11-25/h13,17H,4-12,14H2,1-3H3/t17-/m1/s1. The van der Waals surface area contributed by atoms with E-state index < -0.39 is 5.60 Å². The third-order valence-electron chi connectivity index (χ3n) is 6.04. The summed E-state index contributed by atoms with van der Waals surface area (Å²) in [6.07, 6.45) is 4.76. The summed E-state index contributed by atoms with van der Waals surface area (Å²) in [5, 5.41) is 0. The van der Waals surface area contributed by atoms with Gasteiger partial charge in [-0.25, -0.2) is 4.79 Å². The monoisotopic (exact) mass is 478 g/mol. The minimum Gasteiger partial charge on any atom is -0.444 e. The molecule has 4 rings (SSSR count). The average Bonchev–Trinajstić information content (AvgIpc) is 3.07. The van der Waals surface area contributed by atoms with Crippen molar-refractivity contribution in [1.82, 2.24) is 4.90 Å². The quantitative estimate of drug-likeness (QED) is 0.637. The molecule has 0 aliphatic carbocycles. The maximum absolute atomic E-state index is 12.8. The molecule has 3 heterocycles. The van der Waals surface area contributed by atoms with Crippen molar-refractivity contribution in [1.29, 1.82) is 0 Å². The SMILES string of the molecule is CC(C)(C)OC(=O)N1CCc2cc3c(c(Br)c2CC1)N(C[C@H]1CCCO1)C(=O)CC3. The minimum absolute atomic E-state index is 0.119. The molecule has 0 saturated carbocycles. The first kappa shape index (κ1) is 21.6. The summed E-state index contributed by atoms with van der Waals surface area (Å²) in [5.74, 6) is 0.169. The highest BCUT2D eigenvalue weighted by molar-refractivity contribution is 9.10. The van der Waals surface area contributed by atoms with Crippen molar-refractivity contribution in [3.8, 4) is 0 Å². The molecule has 3 aliphatic rings. The summed E-state index contributed by atoms with van der Waals surface area (Å²) < 4.78 is 12.4. The zero-order valence-electron chi connectivity index (χ0n) is 18.1. The maximum atomic E-state index is 12.8. The minimum atomic E-state index is -0.501. The Morgan fingerprint density at radius 1 is 1.20 bits per heavy atom. The van der Waals surface area contributed by atoms with Crippen LogP contribution in [-0.2, 0) is 33.5 Å². The van der Waals surface area contributed by atoms with Crippen molar-refractivity contribution >= 4 is 33.6 Å². The average molecular weight is 479 g/mol. The third-order valence-corrected chi connectivity index (χ3v) is 6.89. The fraction of sp³-hybridized carbons (Fsp3) is 0.652. The van der Waals surface area contributed by atoms with Crippen LogP contribution >= 0.6 is 15.9 Å². The number of carbonyl (C=O) groups is 2. The van der Waals surface area contributed by atoms with Crippen LogP contribution in [0.5, 0.6) is 0 Å². The second kappa shape index (κ2) is 8.50. The van der Waals surface area contributed by atoms with Crippen LogP contribution in [0.1, 0.15) is 56.7 Å². The highest BCUT2D eigenvalue weighted by Gasteiger charge is 2.33. The van der Waals surface area contributed by atoms with E-state index in [4.69, 9.17) is 9.47 Å². The van der Waals surface area contributed by atoms with Gasteiger partial charge < -0.3 is 19.3 Å². The van der Waals surface area contributed by atoms with E-state index in [-0.39, 0.29) is 18.1 Å². The van der Waals surface area contributed by atoms with Crippen molar-refractivity contribution in [2.75, 3.05) is 31.1 Å². The Hall–Kier alpha value is -1.60. The molecule has 164 valence electrons. The number of anilines is 1. The first-order chi connectivity index (χ1) is 14.2. The third kappa shape index (κ3) is 4.52. The number of amides is 2. The van der Waals surface area contributed by atoms with Gasteiger partial charge in [0, 0.05) is 30.6 Å². The molecule has 1 aromatic rings. The van der Waals surface area contributed by atoms with E-state index in [1.165, 1.54) is 16.7 Å². The van der Waals surface area contributed by atoms with E-state index in [9.17, 15) is 9.59 Å². The molecule has 0 unspecified atom stereocenters. The van der Waals surface area contributed by atoms with Crippen LogP contribution in [0.15, 0.2) is 10.5 Å². The first-order valence-corrected chi connectivity index (χ1v) is 11.8. The Labute approximate surface area is 187 Å². The van der Waals surface area contributed by atoms with E-state index in [2.05, 4.69) is 22.0 Å². The zero-order chi connectivity index (χ0) is 21.5. The van der Waals surface area contributed by atoms with Crippen LogP contribution in [0.2, 0.25) is 0 Å². The lowest BCUT2D eigenvalue weighted by Gasteiger charge is -2.33. The molecule has 1 saturated heterocycles. The van der Waals surface area contributed by atoms with Crippen LogP contribution in [0.25, 0.3) is 0 Å². The number of hydrogen-bond donors (Lipinski definition) is 0. The number of hydrogen-bond acceptors (Lipinski definition) is 4. The molecule has 1 aromatic carbocycles. The fourth-order valence-corrected chi connectivity index (χ4v) is 5.50. The van der Waals surface area contributed by atoms with Gasteiger partial charge in [-0.05, 0) is 85.5 Å². The largest absolute Gasteiger partial charge is 0.444 e. The van der Waals surface area contributed by atoms with Gasteiger partial charge >= 0.3 is 6.09 Å². The lowest BCUT2D eigenvalue weighted by molar-refractivity contribution is -0.119. The molecule has 1 fully saturated rings. The van der Waals surface area contributed by atoms with Crippen molar-refractivity contribution in [3.05, 3.63) is 27.2 Å². The Balaban J connectivity index is 1.59. The van der Waals surface area contributed by atoms with Crippen molar-refractivity contribution in [2.24, 2.45) is 0 Å². The zero-order valence-corrected chi connectivity index (χ0v) is 19.7. The van der Waals surface area contributed by atoms with E-state index in [1.54, 1.807) is 4.90 Å². The number of ether oxygens (including phenoxy) is 2. The molecule has 7 heteroatoms. The lowest BCUT2D eigenvalue weighted by Crippen LogP contribution is -2.41. The smallest absolute Gasteiger partial charge is 0.410 e. The summed E-state index contributed by atoms with van der Waals surface area (Å²) in [5.41, 5.74) is 4.18. The number of aryl methyl sites for hydroxylation is 1. The maximum Gasteiger partial charge on any atom is 0.410 e. The van der Waals surface area contributed by atoms with Crippen LogP contribution in [-0.4, -0.2) is 54.8 Å². The summed E-state index contributed by atoms with van der Waals surface area (Å²) in [7, 11) is 0. The Kier molecular flexibility index (Phi) is 6.13.